The molecule has 0 bridgehead atoms. The van der Waals surface area contributed by atoms with E-state index >= 15 is 0 Å². The quantitative estimate of drug-likeness (QED) is 0.650. The molecule has 0 aromatic heterocycles. The highest BCUT2D eigenvalue weighted by atomic mass is 16.5. The number of fused-ring (bicyclic) bond motifs is 1. The average Bonchev–Trinajstić information content (AvgIpc) is 2.31. The fourth-order valence-corrected chi connectivity index (χ4v) is 2.62. The summed E-state index contributed by atoms with van der Waals surface area (Å²) in [6.45, 7) is 4.96. The summed E-state index contributed by atoms with van der Waals surface area (Å²) in [5, 5.41) is 2.95. The zero-order valence-electron chi connectivity index (χ0n) is 7.76. The summed E-state index contributed by atoms with van der Waals surface area (Å²) in [7, 11) is 1.68. The lowest BCUT2D eigenvalue weighted by atomic mass is 10.0. The van der Waals surface area contributed by atoms with Crippen molar-refractivity contribution in [1.82, 2.24) is 5.32 Å². The van der Waals surface area contributed by atoms with Crippen LogP contribution in [0.2, 0.25) is 0 Å². The number of carbonyl (C=O) groups is 1. The Morgan fingerprint density at radius 2 is 2.25 bits per heavy atom. The molecule has 68 valence electrons. The molecule has 1 aliphatic carbocycles. The third kappa shape index (κ3) is 0.829. The zero-order valence-corrected chi connectivity index (χ0v) is 7.76. The van der Waals surface area contributed by atoms with Crippen molar-refractivity contribution in [2.45, 2.75) is 19.9 Å². The summed E-state index contributed by atoms with van der Waals surface area (Å²) in [5.41, 5.74) is 0.214. The van der Waals surface area contributed by atoms with Gasteiger partial charge in [-0.25, -0.2) is 0 Å². The highest BCUT2D eigenvalue weighted by Gasteiger charge is 2.68. The van der Waals surface area contributed by atoms with Crippen LogP contribution < -0.4 is 5.32 Å². The lowest BCUT2D eigenvalue weighted by Crippen LogP contribution is -2.37. The van der Waals surface area contributed by atoms with Crippen LogP contribution in [0.1, 0.15) is 13.8 Å². The van der Waals surface area contributed by atoms with Crippen LogP contribution in [0, 0.1) is 17.3 Å². The summed E-state index contributed by atoms with van der Waals surface area (Å²) in [6, 6.07) is 0.252. The molecule has 12 heavy (non-hydrogen) atoms. The lowest BCUT2D eigenvalue weighted by Gasteiger charge is -2.17. The normalized spacial score (nSPS) is 42.2. The van der Waals surface area contributed by atoms with E-state index in [-0.39, 0.29) is 23.3 Å². The average molecular weight is 169 g/mol. The Balaban J connectivity index is 2.08. The standard InChI is InChI=1S/C9H15NO2/c1-9(2)6-5(4-12-3)10-8(11)7(6)9/h5-7H,4H2,1-3H3,(H,10,11). The van der Waals surface area contributed by atoms with Crippen LogP contribution in [0.3, 0.4) is 0 Å². The predicted molar refractivity (Wildman–Crippen MR) is 44.6 cm³/mol. The van der Waals surface area contributed by atoms with Crippen LogP contribution in [-0.2, 0) is 9.53 Å². The summed E-state index contributed by atoms with van der Waals surface area (Å²) >= 11 is 0. The zero-order chi connectivity index (χ0) is 8.93. The monoisotopic (exact) mass is 169 g/mol. The molecule has 3 unspecified atom stereocenters. The SMILES string of the molecule is COCC1NC(=O)C2C1C2(C)C. The second-order valence-corrected chi connectivity index (χ2v) is 4.40. The summed E-state index contributed by atoms with van der Waals surface area (Å²) < 4.78 is 5.05. The number of rotatable bonds is 2. The van der Waals surface area contributed by atoms with Gasteiger partial charge in [0, 0.05) is 13.0 Å². The third-order valence-corrected chi connectivity index (χ3v) is 3.30. The minimum atomic E-state index is 0.214. The van der Waals surface area contributed by atoms with Crippen LogP contribution in [-0.4, -0.2) is 25.7 Å². The number of hydrogen-bond acceptors (Lipinski definition) is 2. The molecule has 0 radical (unpaired) electrons. The number of piperidine rings is 1. The van der Waals surface area contributed by atoms with Gasteiger partial charge >= 0.3 is 0 Å². The number of carbonyl (C=O) groups excluding carboxylic acids is 1. The fraction of sp³-hybridized carbons (Fsp3) is 0.889. The van der Waals surface area contributed by atoms with Crippen LogP contribution in [0.5, 0.6) is 0 Å². The molecule has 1 aliphatic heterocycles. The van der Waals surface area contributed by atoms with E-state index in [0.717, 1.165) is 0 Å². The van der Waals surface area contributed by atoms with E-state index < -0.39 is 0 Å². The first-order chi connectivity index (χ1) is 5.59. The second kappa shape index (κ2) is 2.22. The van der Waals surface area contributed by atoms with Gasteiger partial charge in [0.1, 0.15) is 0 Å². The van der Waals surface area contributed by atoms with E-state index in [1.54, 1.807) is 7.11 Å². The molecule has 2 fully saturated rings. The Morgan fingerprint density at radius 1 is 1.58 bits per heavy atom. The number of nitrogens with one attached hydrogen (secondary N) is 1. The largest absolute Gasteiger partial charge is 0.383 e. The van der Waals surface area contributed by atoms with Gasteiger partial charge in [-0.05, 0) is 11.3 Å². The molecule has 0 spiro atoms. The third-order valence-electron chi connectivity index (χ3n) is 3.30. The molecule has 1 amide bonds. The Bertz CT molecular complexity index is 225. The molecule has 0 aromatic rings. The van der Waals surface area contributed by atoms with E-state index in [1.807, 2.05) is 0 Å². The van der Waals surface area contributed by atoms with E-state index in [4.69, 9.17) is 4.74 Å². The molecule has 1 saturated carbocycles. The predicted octanol–water partition coefficient (Wildman–Crippen LogP) is 0.403. The van der Waals surface area contributed by atoms with Crippen molar-refractivity contribution < 1.29 is 9.53 Å². The Hall–Kier alpha value is -0.570. The molecule has 2 rings (SSSR count). The van der Waals surface area contributed by atoms with Crippen molar-refractivity contribution in [1.29, 1.82) is 0 Å². The highest BCUT2D eigenvalue weighted by molar-refractivity contribution is 5.86. The molecule has 2 aliphatic rings. The maximum Gasteiger partial charge on any atom is 0.224 e. The van der Waals surface area contributed by atoms with E-state index in [9.17, 15) is 4.79 Å². The van der Waals surface area contributed by atoms with E-state index in [0.29, 0.717) is 12.5 Å². The smallest absolute Gasteiger partial charge is 0.224 e. The summed E-state index contributed by atoms with van der Waals surface area (Å²) in [6.07, 6.45) is 0. The maximum atomic E-state index is 11.3. The van der Waals surface area contributed by atoms with Crippen molar-refractivity contribution in [2.75, 3.05) is 13.7 Å². The highest BCUT2D eigenvalue weighted by Crippen LogP contribution is 2.62. The maximum absolute atomic E-state index is 11.3. The van der Waals surface area contributed by atoms with Gasteiger partial charge in [0.25, 0.3) is 0 Å². The van der Waals surface area contributed by atoms with Crippen LogP contribution in [0.15, 0.2) is 0 Å². The van der Waals surface area contributed by atoms with Gasteiger partial charge in [-0.2, -0.15) is 0 Å². The number of methoxy groups -OCH3 is 1. The molecular weight excluding hydrogens is 154 g/mol. The van der Waals surface area contributed by atoms with Gasteiger partial charge in [0.05, 0.1) is 12.6 Å². The molecule has 3 nitrogen and oxygen atoms in total. The van der Waals surface area contributed by atoms with Gasteiger partial charge < -0.3 is 10.1 Å². The van der Waals surface area contributed by atoms with Crippen molar-refractivity contribution in [3.8, 4) is 0 Å². The van der Waals surface area contributed by atoms with Crippen molar-refractivity contribution in [2.24, 2.45) is 17.3 Å². The van der Waals surface area contributed by atoms with Gasteiger partial charge in [-0.15, -0.1) is 0 Å². The fourth-order valence-electron chi connectivity index (χ4n) is 2.62. The first kappa shape index (κ1) is 8.05. The minimum Gasteiger partial charge on any atom is -0.383 e. The summed E-state index contributed by atoms with van der Waals surface area (Å²) in [5.74, 6) is 0.967. The second-order valence-electron chi connectivity index (χ2n) is 4.40. The van der Waals surface area contributed by atoms with Gasteiger partial charge in [0.2, 0.25) is 5.91 Å². The number of amides is 1. The minimum absolute atomic E-state index is 0.214. The summed E-state index contributed by atoms with van der Waals surface area (Å²) in [4.78, 5) is 11.3. The first-order valence-electron chi connectivity index (χ1n) is 4.38. The van der Waals surface area contributed by atoms with E-state index in [1.165, 1.54) is 0 Å². The van der Waals surface area contributed by atoms with E-state index in [2.05, 4.69) is 19.2 Å². The Kier molecular flexibility index (Phi) is 1.49. The van der Waals surface area contributed by atoms with Crippen molar-refractivity contribution in [3.05, 3.63) is 0 Å². The van der Waals surface area contributed by atoms with Crippen LogP contribution in [0.25, 0.3) is 0 Å². The first-order valence-corrected chi connectivity index (χ1v) is 4.38. The number of ether oxygens (including phenoxy) is 1. The van der Waals surface area contributed by atoms with Gasteiger partial charge in [-0.1, -0.05) is 13.8 Å². The molecule has 0 aromatic carbocycles. The van der Waals surface area contributed by atoms with Crippen LogP contribution >= 0.6 is 0 Å². The van der Waals surface area contributed by atoms with Crippen molar-refractivity contribution >= 4 is 5.91 Å². The van der Waals surface area contributed by atoms with Crippen LogP contribution in [0.4, 0.5) is 0 Å². The lowest BCUT2D eigenvalue weighted by molar-refractivity contribution is -0.122. The van der Waals surface area contributed by atoms with Gasteiger partial charge in [0.15, 0.2) is 0 Å². The number of hydrogen-bond donors (Lipinski definition) is 1. The Morgan fingerprint density at radius 3 is 2.67 bits per heavy atom. The Labute approximate surface area is 72.5 Å². The molecular formula is C9H15NO2. The van der Waals surface area contributed by atoms with Crippen molar-refractivity contribution in [3.63, 3.8) is 0 Å². The molecule has 3 atom stereocenters. The molecule has 1 saturated heterocycles. The topological polar surface area (TPSA) is 38.3 Å². The molecule has 1 heterocycles. The van der Waals surface area contributed by atoms with Gasteiger partial charge in [-0.3, -0.25) is 4.79 Å². The molecule has 3 heteroatoms. The molecule has 1 N–H and O–H groups in total.